The van der Waals surface area contributed by atoms with E-state index in [1.54, 1.807) is 12.1 Å². The van der Waals surface area contributed by atoms with Gasteiger partial charge in [0.2, 0.25) is 0 Å². The Hall–Kier alpha value is -2.60. The fourth-order valence-corrected chi connectivity index (χ4v) is 2.26. The lowest BCUT2D eigenvalue weighted by Crippen LogP contribution is -2.26. The summed E-state index contributed by atoms with van der Waals surface area (Å²) < 4.78 is 5.00. The highest BCUT2D eigenvalue weighted by Crippen LogP contribution is 2.28. The Labute approximate surface area is 128 Å². The van der Waals surface area contributed by atoms with Gasteiger partial charge in [-0.3, -0.25) is 10.1 Å². The molecule has 0 saturated carbocycles. The summed E-state index contributed by atoms with van der Waals surface area (Å²) >= 11 is 0. The van der Waals surface area contributed by atoms with Gasteiger partial charge in [0.15, 0.2) is 5.75 Å². The van der Waals surface area contributed by atoms with Gasteiger partial charge < -0.3 is 14.7 Å². The maximum absolute atomic E-state index is 11.1. The minimum atomic E-state index is -0.457. The molecule has 0 amide bonds. The van der Waals surface area contributed by atoms with Crippen LogP contribution in [-0.4, -0.2) is 30.3 Å². The number of benzene rings is 2. The molecule has 0 bridgehead atoms. The molecule has 0 aromatic heterocycles. The molecule has 0 atom stereocenters. The van der Waals surface area contributed by atoms with Crippen molar-refractivity contribution in [3.63, 3.8) is 0 Å². The lowest BCUT2D eigenvalue weighted by Gasteiger charge is -2.24. The van der Waals surface area contributed by atoms with Crippen LogP contribution in [0.15, 0.2) is 48.5 Å². The largest absolute Gasteiger partial charge is 0.490 e. The van der Waals surface area contributed by atoms with E-state index in [9.17, 15) is 15.2 Å². The molecule has 0 aliphatic rings. The van der Waals surface area contributed by atoms with Gasteiger partial charge in [-0.1, -0.05) is 24.3 Å². The highest BCUT2D eigenvalue weighted by molar-refractivity contribution is 5.51. The molecule has 22 heavy (non-hydrogen) atoms. The number of aliphatic hydroxyl groups excluding tert-OH is 1. The minimum Gasteiger partial charge on any atom is -0.490 e. The first-order chi connectivity index (χ1) is 10.7. The average molecular weight is 302 g/mol. The number of para-hydroxylation sites is 1. The van der Waals surface area contributed by atoms with Gasteiger partial charge in [-0.2, -0.15) is 0 Å². The second-order valence-corrected chi connectivity index (χ2v) is 4.74. The van der Waals surface area contributed by atoms with Crippen molar-refractivity contribution >= 4 is 11.4 Å². The van der Waals surface area contributed by atoms with Crippen molar-refractivity contribution in [2.45, 2.75) is 6.54 Å². The third-order valence-electron chi connectivity index (χ3n) is 3.30. The number of methoxy groups -OCH3 is 1. The topological polar surface area (TPSA) is 75.8 Å². The molecule has 6 nitrogen and oxygen atoms in total. The molecule has 2 rings (SSSR count). The molecule has 2 aromatic carbocycles. The van der Waals surface area contributed by atoms with Crippen molar-refractivity contribution in [1.29, 1.82) is 0 Å². The number of nitrogens with zero attached hydrogens (tertiary/aromatic N) is 2. The van der Waals surface area contributed by atoms with Gasteiger partial charge in [0.1, 0.15) is 0 Å². The molecule has 1 N–H and O–H groups in total. The van der Waals surface area contributed by atoms with E-state index in [2.05, 4.69) is 0 Å². The van der Waals surface area contributed by atoms with Crippen molar-refractivity contribution in [1.82, 2.24) is 0 Å². The van der Waals surface area contributed by atoms with Gasteiger partial charge in [0, 0.05) is 24.8 Å². The summed E-state index contributed by atoms with van der Waals surface area (Å²) in [6.07, 6.45) is 0. The predicted molar refractivity (Wildman–Crippen MR) is 84.2 cm³/mol. The number of hydrogen-bond acceptors (Lipinski definition) is 5. The van der Waals surface area contributed by atoms with E-state index < -0.39 is 4.92 Å². The molecule has 6 heteroatoms. The van der Waals surface area contributed by atoms with Crippen molar-refractivity contribution < 1.29 is 14.8 Å². The third-order valence-corrected chi connectivity index (χ3v) is 3.30. The van der Waals surface area contributed by atoms with Crippen molar-refractivity contribution in [2.24, 2.45) is 0 Å². The van der Waals surface area contributed by atoms with Crippen LogP contribution in [0.2, 0.25) is 0 Å². The fourth-order valence-electron chi connectivity index (χ4n) is 2.26. The summed E-state index contributed by atoms with van der Waals surface area (Å²) in [5.74, 6) is 0.238. The van der Waals surface area contributed by atoms with Gasteiger partial charge in [0.25, 0.3) is 0 Å². The Morgan fingerprint density at radius 3 is 2.55 bits per heavy atom. The normalized spacial score (nSPS) is 10.3. The lowest BCUT2D eigenvalue weighted by atomic mass is 10.1. The number of nitro benzene ring substituents is 1. The summed E-state index contributed by atoms with van der Waals surface area (Å²) in [6, 6.07) is 14.5. The van der Waals surface area contributed by atoms with Crippen LogP contribution in [0.5, 0.6) is 5.75 Å². The third kappa shape index (κ3) is 3.73. The maximum atomic E-state index is 11.1. The van der Waals surface area contributed by atoms with E-state index in [-0.39, 0.29) is 18.0 Å². The number of anilines is 1. The Bertz CT molecular complexity index is 631. The zero-order chi connectivity index (χ0) is 15.9. The molecule has 2 aromatic rings. The molecule has 0 spiro atoms. The standard InChI is InChI=1S/C16H18N2O4/c1-22-16-8-7-13(11-15(16)18(20)21)12-17(9-10-19)14-5-3-2-4-6-14/h2-8,11,19H,9-10,12H2,1H3. The quantitative estimate of drug-likeness (QED) is 0.628. The molecule has 0 unspecified atom stereocenters. The lowest BCUT2D eigenvalue weighted by molar-refractivity contribution is -0.385. The van der Waals surface area contributed by atoms with Crippen LogP contribution in [0.1, 0.15) is 5.56 Å². The summed E-state index contributed by atoms with van der Waals surface area (Å²) in [5, 5.41) is 20.3. The number of aliphatic hydroxyl groups is 1. The van der Waals surface area contributed by atoms with Crippen molar-refractivity contribution in [3.05, 3.63) is 64.2 Å². The van der Waals surface area contributed by atoms with Gasteiger partial charge in [0.05, 0.1) is 18.6 Å². The van der Waals surface area contributed by atoms with E-state index in [1.807, 2.05) is 35.2 Å². The molecule has 0 aliphatic carbocycles. The van der Waals surface area contributed by atoms with Gasteiger partial charge in [-0.05, 0) is 23.8 Å². The van der Waals surface area contributed by atoms with Gasteiger partial charge in [-0.15, -0.1) is 0 Å². The van der Waals surface area contributed by atoms with Crippen LogP contribution in [0.3, 0.4) is 0 Å². The van der Waals surface area contributed by atoms with Gasteiger partial charge in [-0.25, -0.2) is 0 Å². The zero-order valence-electron chi connectivity index (χ0n) is 12.3. The van der Waals surface area contributed by atoms with Crippen LogP contribution in [0, 0.1) is 10.1 Å². The minimum absolute atomic E-state index is 0.00709. The maximum Gasteiger partial charge on any atom is 0.311 e. The molecule has 0 radical (unpaired) electrons. The molecule has 0 fully saturated rings. The van der Waals surface area contributed by atoms with Crippen molar-refractivity contribution in [3.8, 4) is 5.75 Å². The Balaban J connectivity index is 2.27. The second-order valence-electron chi connectivity index (χ2n) is 4.74. The van der Waals surface area contributed by atoms with E-state index in [4.69, 9.17) is 4.74 Å². The smallest absolute Gasteiger partial charge is 0.311 e. The predicted octanol–water partition coefficient (Wildman–Crippen LogP) is 2.60. The van der Waals surface area contributed by atoms with Crippen LogP contribution in [0.4, 0.5) is 11.4 Å². The SMILES string of the molecule is COc1ccc(CN(CCO)c2ccccc2)cc1[N+](=O)[O-]. The molecule has 116 valence electrons. The van der Waals surface area contributed by atoms with Crippen LogP contribution in [0.25, 0.3) is 0 Å². The van der Waals surface area contributed by atoms with Crippen LogP contribution >= 0.6 is 0 Å². The first-order valence-corrected chi connectivity index (χ1v) is 6.88. The number of nitro groups is 1. The van der Waals surface area contributed by atoms with E-state index >= 15 is 0 Å². The molecule has 0 saturated heterocycles. The Morgan fingerprint density at radius 1 is 1.23 bits per heavy atom. The summed E-state index contributed by atoms with van der Waals surface area (Å²) in [7, 11) is 1.41. The molecular formula is C16H18N2O4. The van der Waals surface area contributed by atoms with Crippen LogP contribution < -0.4 is 9.64 Å². The summed E-state index contributed by atoms with van der Waals surface area (Å²) in [5.41, 5.74) is 1.68. The zero-order valence-corrected chi connectivity index (χ0v) is 12.3. The first kappa shape index (κ1) is 15.8. The summed E-state index contributed by atoms with van der Waals surface area (Å²) in [4.78, 5) is 12.6. The number of rotatable bonds is 7. The Morgan fingerprint density at radius 2 is 1.95 bits per heavy atom. The van der Waals surface area contributed by atoms with E-state index in [0.29, 0.717) is 13.1 Å². The number of hydrogen-bond donors (Lipinski definition) is 1. The summed E-state index contributed by atoms with van der Waals surface area (Å²) in [6.45, 7) is 0.923. The Kier molecular flexibility index (Phi) is 5.32. The first-order valence-electron chi connectivity index (χ1n) is 6.88. The highest BCUT2D eigenvalue weighted by atomic mass is 16.6. The van der Waals surface area contributed by atoms with Crippen LogP contribution in [-0.2, 0) is 6.54 Å². The van der Waals surface area contributed by atoms with E-state index in [0.717, 1.165) is 11.3 Å². The van der Waals surface area contributed by atoms with Crippen molar-refractivity contribution in [2.75, 3.05) is 25.2 Å². The number of ether oxygens (including phenoxy) is 1. The fraction of sp³-hybridized carbons (Fsp3) is 0.250. The second kappa shape index (κ2) is 7.42. The van der Waals surface area contributed by atoms with E-state index in [1.165, 1.54) is 13.2 Å². The highest BCUT2D eigenvalue weighted by Gasteiger charge is 2.16. The monoisotopic (exact) mass is 302 g/mol. The molecule has 0 aliphatic heterocycles. The molecular weight excluding hydrogens is 284 g/mol. The van der Waals surface area contributed by atoms with Gasteiger partial charge >= 0.3 is 5.69 Å². The average Bonchev–Trinajstić information content (AvgIpc) is 2.55. The molecule has 0 heterocycles.